The Kier molecular flexibility index (Phi) is 4.59. The van der Waals surface area contributed by atoms with Crippen molar-refractivity contribution >= 4 is 22.7 Å². The number of H-pyrrole nitrogens is 1. The van der Waals surface area contributed by atoms with Crippen LogP contribution in [0.2, 0.25) is 0 Å². The summed E-state index contributed by atoms with van der Waals surface area (Å²) in [4.78, 5) is 9.86. The lowest BCUT2D eigenvalue weighted by atomic mass is 10.3. The van der Waals surface area contributed by atoms with E-state index in [0.29, 0.717) is 0 Å². The lowest BCUT2D eigenvalue weighted by Gasteiger charge is -2.15. The molecule has 104 valence electrons. The van der Waals surface area contributed by atoms with Crippen LogP contribution < -0.4 is 11.1 Å². The molecule has 0 radical (unpaired) electrons. The molecular formula is C13H21N5O. The Morgan fingerprint density at radius 1 is 1.42 bits per heavy atom. The Hall–Kier alpha value is -1.79. The third kappa shape index (κ3) is 3.84. The highest BCUT2D eigenvalue weighted by atomic mass is 16.5. The van der Waals surface area contributed by atoms with E-state index in [-0.39, 0.29) is 0 Å². The predicted octanol–water partition coefficient (Wildman–Crippen LogP) is 1.14. The van der Waals surface area contributed by atoms with Gasteiger partial charge in [-0.25, -0.2) is 4.98 Å². The van der Waals surface area contributed by atoms with E-state index in [9.17, 15) is 0 Å². The molecule has 0 fully saturated rings. The van der Waals surface area contributed by atoms with Crippen LogP contribution in [0.4, 0.5) is 11.6 Å². The highest BCUT2D eigenvalue weighted by molar-refractivity contribution is 5.80. The molecule has 1 heterocycles. The Balaban J connectivity index is 1.84. The summed E-state index contributed by atoms with van der Waals surface area (Å²) in [6.07, 6.45) is 0. The topological polar surface area (TPSA) is 79.2 Å². The average molecular weight is 263 g/mol. The number of methoxy groups -OCH3 is 1. The number of aromatic nitrogens is 2. The zero-order valence-corrected chi connectivity index (χ0v) is 11.4. The second-order valence-electron chi connectivity index (χ2n) is 4.58. The summed E-state index contributed by atoms with van der Waals surface area (Å²) < 4.78 is 5.04. The molecule has 1 aromatic heterocycles. The first kappa shape index (κ1) is 13.6. The minimum atomic E-state index is 0.738. The number of aromatic amines is 1. The van der Waals surface area contributed by atoms with E-state index in [0.717, 1.165) is 48.9 Å². The molecule has 0 aliphatic carbocycles. The number of imidazole rings is 1. The first-order valence-electron chi connectivity index (χ1n) is 6.35. The van der Waals surface area contributed by atoms with Crippen molar-refractivity contribution in [3.05, 3.63) is 18.2 Å². The van der Waals surface area contributed by atoms with Crippen LogP contribution in [-0.4, -0.2) is 55.3 Å². The molecule has 4 N–H and O–H groups in total. The number of ether oxygens (including phenoxy) is 1. The van der Waals surface area contributed by atoms with E-state index >= 15 is 0 Å². The van der Waals surface area contributed by atoms with E-state index in [1.807, 2.05) is 18.2 Å². The minimum absolute atomic E-state index is 0.738. The van der Waals surface area contributed by atoms with Gasteiger partial charge in [0.05, 0.1) is 17.6 Å². The molecule has 6 nitrogen and oxygen atoms in total. The van der Waals surface area contributed by atoms with E-state index in [1.54, 1.807) is 7.11 Å². The van der Waals surface area contributed by atoms with Gasteiger partial charge in [0.25, 0.3) is 0 Å². The highest BCUT2D eigenvalue weighted by Crippen LogP contribution is 2.16. The maximum absolute atomic E-state index is 5.73. The van der Waals surface area contributed by atoms with E-state index < -0.39 is 0 Å². The fourth-order valence-electron chi connectivity index (χ4n) is 1.84. The molecule has 2 aromatic rings. The number of nitrogens with one attached hydrogen (secondary N) is 2. The number of rotatable bonds is 7. The smallest absolute Gasteiger partial charge is 0.201 e. The Bertz CT molecular complexity index is 525. The van der Waals surface area contributed by atoms with Gasteiger partial charge in [0.2, 0.25) is 5.95 Å². The van der Waals surface area contributed by atoms with Crippen LogP contribution in [0.15, 0.2) is 18.2 Å². The molecule has 0 bridgehead atoms. The Morgan fingerprint density at radius 2 is 2.26 bits per heavy atom. The summed E-state index contributed by atoms with van der Waals surface area (Å²) in [5.74, 6) is 0.778. The molecule has 0 unspecified atom stereocenters. The fraction of sp³-hybridized carbons (Fsp3) is 0.462. The van der Waals surface area contributed by atoms with Crippen molar-refractivity contribution in [2.75, 3.05) is 51.4 Å². The van der Waals surface area contributed by atoms with Crippen LogP contribution >= 0.6 is 0 Å². The van der Waals surface area contributed by atoms with Gasteiger partial charge in [0.15, 0.2) is 0 Å². The van der Waals surface area contributed by atoms with Gasteiger partial charge in [0.1, 0.15) is 0 Å². The van der Waals surface area contributed by atoms with Crippen LogP contribution in [0.5, 0.6) is 0 Å². The first-order valence-corrected chi connectivity index (χ1v) is 6.35. The van der Waals surface area contributed by atoms with Crippen LogP contribution in [0.25, 0.3) is 11.0 Å². The maximum Gasteiger partial charge on any atom is 0.201 e. The van der Waals surface area contributed by atoms with Gasteiger partial charge in [-0.15, -0.1) is 0 Å². The molecule has 19 heavy (non-hydrogen) atoms. The van der Waals surface area contributed by atoms with E-state index in [4.69, 9.17) is 10.5 Å². The molecule has 0 amide bonds. The Morgan fingerprint density at radius 3 is 3.05 bits per heavy atom. The predicted molar refractivity (Wildman–Crippen MR) is 78.4 cm³/mol. The summed E-state index contributed by atoms with van der Waals surface area (Å²) in [6.45, 7) is 3.44. The first-order chi connectivity index (χ1) is 9.19. The molecule has 0 aliphatic heterocycles. The van der Waals surface area contributed by atoms with Gasteiger partial charge in [-0.3, -0.25) is 0 Å². The SMILES string of the molecule is COCCN(C)CCNc1nc2ccc(N)cc2[nH]1. The van der Waals surface area contributed by atoms with Crippen molar-refractivity contribution in [2.45, 2.75) is 0 Å². The van der Waals surface area contributed by atoms with E-state index in [1.165, 1.54) is 0 Å². The molecule has 0 saturated carbocycles. The molecule has 0 saturated heterocycles. The van der Waals surface area contributed by atoms with Crippen molar-refractivity contribution in [2.24, 2.45) is 0 Å². The molecule has 2 rings (SSSR count). The maximum atomic E-state index is 5.73. The van der Waals surface area contributed by atoms with Gasteiger partial charge in [-0.05, 0) is 25.2 Å². The molecule has 6 heteroatoms. The second-order valence-corrected chi connectivity index (χ2v) is 4.58. The number of nitrogens with two attached hydrogens (primary N) is 1. The third-order valence-corrected chi connectivity index (χ3v) is 2.97. The summed E-state index contributed by atoms with van der Waals surface area (Å²) >= 11 is 0. The van der Waals surface area contributed by atoms with Gasteiger partial charge >= 0.3 is 0 Å². The van der Waals surface area contributed by atoms with Crippen LogP contribution in [0, 0.1) is 0 Å². The zero-order valence-electron chi connectivity index (χ0n) is 11.4. The van der Waals surface area contributed by atoms with Gasteiger partial charge in [0, 0.05) is 32.4 Å². The number of hydrogen-bond donors (Lipinski definition) is 3. The fourth-order valence-corrected chi connectivity index (χ4v) is 1.84. The van der Waals surface area contributed by atoms with Crippen molar-refractivity contribution in [1.29, 1.82) is 0 Å². The van der Waals surface area contributed by atoms with Crippen LogP contribution in [0.3, 0.4) is 0 Å². The molecule has 0 atom stereocenters. The van der Waals surface area contributed by atoms with Crippen LogP contribution in [-0.2, 0) is 4.74 Å². The van der Waals surface area contributed by atoms with Crippen molar-refractivity contribution in [1.82, 2.24) is 14.9 Å². The van der Waals surface area contributed by atoms with E-state index in [2.05, 4.69) is 27.2 Å². The monoisotopic (exact) mass is 263 g/mol. The van der Waals surface area contributed by atoms with Gasteiger partial charge in [-0.1, -0.05) is 0 Å². The lowest BCUT2D eigenvalue weighted by molar-refractivity contribution is 0.163. The Labute approximate surface area is 112 Å². The third-order valence-electron chi connectivity index (χ3n) is 2.97. The molecule has 1 aromatic carbocycles. The largest absolute Gasteiger partial charge is 0.399 e. The summed E-state index contributed by atoms with van der Waals surface area (Å²) in [6, 6.07) is 5.65. The summed E-state index contributed by atoms with van der Waals surface area (Å²) in [5, 5.41) is 3.27. The number of hydrogen-bond acceptors (Lipinski definition) is 5. The number of anilines is 2. The highest BCUT2D eigenvalue weighted by Gasteiger charge is 2.03. The molecule has 0 spiro atoms. The van der Waals surface area contributed by atoms with Gasteiger partial charge in [-0.2, -0.15) is 0 Å². The average Bonchev–Trinajstić information content (AvgIpc) is 2.78. The normalized spacial score (nSPS) is 11.3. The van der Waals surface area contributed by atoms with Crippen LogP contribution in [0.1, 0.15) is 0 Å². The minimum Gasteiger partial charge on any atom is -0.399 e. The summed E-state index contributed by atoms with van der Waals surface area (Å²) in [7, 11) is 3.78. The lowest BCUT2D eigenvalue weighted by Crippen LogP contribution is -2.28. The number of likely N-dealkylation sites (N-methyl/N-ethyl adjacent to an activating group) is 1. The second kappa shape index (κ2) is 6.40. The van der Waals surface area contributed by atoms with Crippen molar-refractivity contribution in [3.8, 4) is 0 Å². The quantitative estimate of drug-likeness (QED) is 0.653. The van der Waals surface area contributed by atoms with Crippen molar-refractivity contribution < 1.29 is 4.74 Å². The van der Waals surface area contributed by atoms with Gasteiger partial charge < -0.3 is 25.7 Å². The number of fused-ring (bicyclic) bond motifs is 1. The van der Waals surface area contributed by atoms with Crippen molar-refractivity contribution in [3.63, 3.8) is 0 Å². The molecule has 0 aliphatic rings. The number of nitrogen functional groups attached to an aromatic ring is 1. The number of nitrogens with zero attached hydrogens (tertiary/aromatic N) is 2. The molecular weight excluding hydrogens is 242 g/mol. The zero-order chi connectivity index (χ0) is 13.7. The standard InChI is InChI=1S/C13H21N5O/c1-18(7-8-19-2)6-5-15-13-16-11-4-3-10(14)9-12(11)17-13/h3-4,9H,5-8,14H2,1-2H3,(H2,15,16,17). The summed E-state index contributed by atoms with van der Waals surface area (Å²) in [5.41, 5.74) is 8.35. The number of benzene rings is 1.